The van der Waals surface area contributed by atoms with Crippen molar-refractivity contribution in [2.75, 3.05) is 0 Å². The van der Waals surface area contributed by atoms with E-state index in [1.807, 2.05) is 13.0 Å². The molecular weight excluding hydrogens is 388 g/mol. The third kappa shape index (κ3) is 3.82. The molecule has 0 spiro atoms. The summed E-state index contributed by atoms with van der Waals surface area (Å²) in [5.41, 5.74) is 1.58. The maximum absolute atomic E-state index is 13.7. The monoisotopic (exact) mass is 411 g/mol. The number of likely N-dealkylation sites (tertiary alicyclic amines) is 1. The van der Waals surface area contributed by atoms with Gasteiger partial charge in [0.2, 0.25) is 5.91 Å². The summed E-state index contributed by atoms with van der Waals surface area (Å²) in [6.45, 7) is 5.87. The van der Waals surface area contributed by atoms with Crippen LogP contribution in [-0.4, -0.2) is 27.9 Å². The number of amides is 1. The van der Waals surface area contributed by atoms with Crippen molar-refractivity contribution in [3.05, 3.63) is 65.5 Å². The predicted octanol–water partition coefficient (Wildman–Crippen LogP) is 4.68. The highest BCUT2D eigenvalue weighted by atomic mass is 19.1. The maximum atomic E-state index is 13.7. The highest BCUT2D eigenvalue weighted by Gasteiger charge is 2.44. The Labute approximate surface area is 173 Å². The van der Waals surface area contributed by atoms with Crippen molar-refractivity contribution in [3.63, 3.8) is 0 Å². The van der Waals surface area contributed by atoms with Gasteiger partial charge in [0, 0.05) is 18.0 Å². The van der Waals surface area contributed by atoms with Crippen LogP contribution in [0.25, 0.3) is 5.76 Å². The van der Waals surface area contributed by atoms with Gasteiger partial charge in [-0.2, -0.15) is 5.26 Å². The number of halogens is 2. The Kier molecular flexibility index (Phi) is 5.33. The Morgan fingerprint density at radius 3 is 2.57 bits per heavy atom. The number of hydrogen-bond donors (Lipinski definition) is 1. The third-order valence-electron chi connectivity index (χ3n) is 6.05. The molecule has 1 amide bonds. The fourth-order valence-electron chi connectivity index (χ4n) is 4.41. The van der Waals surface area contributed by atoms with Gasteiger partial charge in [-0.25, -0.2) is 8.78 Å². The van der Waals surface area contributed by atoms with E-state index < -0.39 is 11.6 Å². The molecule has 5 nitrogen and oxygen atoms in total. The van der Waals surface area contributed by atoms with Crippen LogP contribution in [0.4, 0.5) is 8.78 Å². The molecule has 4 rings (SSSR count). The Bertz CT molecular complexity index is 999. The Morgan fingerprint density at radius 1 is 1.23 bits per heavy atom. The minimum absolute atomic E-state index is 0.00627. The summed E-state index contributed by atoms with van der Waals surface area (Å²) in [6, 6.07) is 8.59. The highest BCUT2D eigenvalue weighted by Crippen LogP contribution is 2.42. The fraction of sp³-hybridized carbons (Fsp3) is 0.391. The molecule has 1 aliphatic heterocycles. The standard InChI is InChI=1S/C23H23F2N3O2/c1-13-3-6-22(15-7-17(24)11-18(25)8-15)28(13)23(29)16-9-20(10-16)30-14(2)21-5-4-19(12-26)27-21/h4-5,7-8,11,13,16,20,22,27H,2-3,6,9-10H2,1H3. The summed E-state index contributed by atoms with van der Waals surface area (Å²) in [7, 11) is 0. The van der Waals surface area contributed by atoms with Crippen LogP contribution in [0.1, 0.15) is 55.6 Å². The van der Waals surface area contributed by atoms with Gasteiger partial charge < -0.3 is 14.6 Å². The zero-order valence-corrected chi connectivity index (χ0v) is 16.7. The Morgan fingerprint density at radius 2 is 1.93 bits per heavy atom. The van der Waals surface area contributed by atoms with Gasteiger partial charge in [0.05, 0.1) is 11.7 Å². The molecule has 2 unspecified atom stereocenters. The number of rotatable bonds is 5. The summed E-state index contributed by atoms with van der Waals surface area (Å²) in [5.74, 6) is -0.989. The van der Waals surface area contributed by atoms with Gasteiger partial charge in [0.1, 0.15) is 35.3 Å². The van der Waals surface area contributed by atoms with E-state index in [2.05, 4.69) is 11.6 Å². The molecule has 7 heteroatoms. The summed E-state index contributed by atoms with van der Waals surface area (Å²) in [5, 5.41) is 8.89. The zero-order valence-electron chi connectivity index (χ0n) is 16.7. The molecular formula is C23H23F2N3O2. The van der Waals surface area contributed by atoms with Gasteiger partial charge in [-0.1, -0.05) is 6.58 Å². The summed E-state index contributed by atoms with van der Waals surface area (Å²) >= 11 is 0. The quantitative estimate of drug-likeness (QED) is 0.726. The normalized spacial score (nSPS) is 25.5. The van der Waals surface area contributed by atoms with Gasteiger partial charge in [0.15, 0.2) is 0 Å². The van der Waals surface area contributed by atoms with E-state index in [-0.39, 0.29) is 30.0 Å². The molecule has 2 aromatic rings. The van der Waals surface area contributed by atoms with E-state index >= 15 is 0 Å². The van der Waals surface area contributed by atoms with Crippen LogP contribution in [0.2, 0.25) is 0 Å². The third-order valence-corrected chi connectivity index (χ3v) is 6.05. The molecule has 0 bridgehead atoms. The van der Waals surface area contributed by atoms with Crippen molar-refractivity contribution in [3.8, 4) is 6.07 Å². The number of carbonyl (C=O) groups is 1. The zero-order chi connectivity index (χ0) is 21.4. The van der Waals surface area contributed by atoms with E-state index in [0.29, 0.717) is 42.0 Å². The first kappa shape index (κ1) is 20.1. The number of benzene rings is 1. The lowest BCUT2D eigenvalue weighted by Crippen LogP contribution is -2.46. The molecule has 1 aromatic carbocycles. The molecule has 2 fully saturated rings. The number of carbonyl (C=O) groups excluding carboxylic acids is 1. The van der Waals surface area contributed by atoms with Crippen molar-refractivity contribution < 1.29 is 18.3 Å². The van der Waals surface area contributed by atoms with Crippen molar-refractivity contribution in [2.45, 2.75) is 50.8 Å². The number of ether oxygens (including phenoxy) is 1. The Balaban J connectivity index is 1.38. The first-order chi connectivity index (χ1) is 14.4. The summed E-state index contributed by atoms with van der Waals surface area (Å²) in [6.07, 6.45) is 2.50. The first-order valence-electron chi connectivity index (χ1n) is 10.1. The minimum Gasteiger partial charge on any atom is -0.489 e. The number of H-pyrrole nitrogens is 1. The molecule has 2 heterocycles. The number of nitrogens with one attached hydrogen (secondary N) is 1. The minimum atomic E-state index is -0.628. The average Bonchev–Trinajstić information content (AvgIpc) is 3.29. The molecule has 1 saturated heterocycles. The van der Waals surface area contributed by atoms with Crippen LogP contribution in [0.5, 0.6) is 0 Å². The predicted molar refractivity (Wildman–Crippen MR) is 107 cm³/mol. The second kappa shape index (κ2) is 7.94. The second-order valence-electron chi connectivity index (χ2n) is 8.12. The lowest BCUT2D eigenvalue weighted by molar-refractivity contribution is -0.145. The molecule has 30 heavy (non-hydrogen) atoms. The first-order valence-corrected chi connectivity index (χ1v) is 10.1. The molecule has 1 saturated carbocycles. The molecule has 1 aromatic heterocycles. The molecule has 1 N–H and O–H groups in total. The van der Waals surface area contributed by atoms with Gasteiger partial charge in [-0.3, -0.25) is 4.79 Å². The van der Waals surface area contributed by atoms with Gasteiger partial charge >= 0.3 is 0 Å². The second-order valence-corrected chi connectivity index (χ2v) is 8.12. The van der Waals surface area contributed by atoms with Crippen molar-refractivity contribution in [2.24, 2.45) is 5.92 Å². The van der Waals surface area contributed by atoms with E-state index in [9.17, 15) is 13.6 Å². The molecule has 2 atom stereocenters. The largest absolute Gasteiger partial charge is 0.489 e. The van der Waals surface area contributed by atoms with E-state index in [4.69, 9.17) is 10.00 Å². The van der Waals surface area contributed by atoms with Crippen molar-refractivity contribution >= 4 is 11.7 Å². The van der Waals surface area contributed by atoms with Crippen LogP contribution in [0.15, 0.2) is 36.9 Å². The molecule has 2 aliphatic rings. The van der Waals surface area contributed by atoms with Crippen LogP contribution in [0.3, 0.4) is 0 Å². The van der Waals surface area contributed by atoms with Crippen molar-refractivity contribution in [1.82, 2.24) is 9.88 Å². The highest BCUT2D eigenvalue weighted by molar-refractivity contribution is 5.81. The Hall–Kier alpha value is -3.14. The number of hydrogen-bond acceptors (Lipinski definition) is 3. The molecule has 156 valence electrons. The number of aromatic amines is 1. The smallest absolute Gasteiger partial charge is 0.226 e. The van der Waals surface area contributed by atoms with Crippen LogP contribution in [0, 0.1) is 28.9 Å². The lowest BCUT2D eigenvalue weighted by Gasteiger charge is -2.39. The summed E-state index contributed by atoms with van der Waals surface area (Å²) in [4.78, 5) is 17.9. The molecule has 1 aliphatic carbocycles. The van der Waals surface area contributed by atoms with E-state index in [1.54, 1.807) is 17.0 Å². The summed E-state index contributed by atoms with van der Waals surface area (Å²) < 4.78 is 33.2. The van der Waals surface area contributed by atoms with Crippen molar-refractivity contribution in [1.29, 1.82) is 5.26 Å². The topological polar surface area (TPSA) is 69.1 Å². The van der Waals surface area contributed by atoms with E-state index in [1.165, 1.54) is 12.1 Å². The maximum Gasteiger partial charge on any atom is 0.226 e. The lowest BCUT2D eigenvalue weighted by atomic mass is 9.80. The number of aromatic nitrogens is 1. The fourth-order valence-corrected chi connectivity index (χ4v) is 4.41. The SMILES string of the molecule is C=C(OC1CC(C(=O)N2C(C)CCC2c2cc(F)cc(F)c2)C1)c1ccc(C#N)[nH]1. The van der Waals surface area contributed by atoms with Gasteiger partial charge in [0.25, 0.3) is 0 Å². The van der Waals surface area contributed by atoms with E-state index in [0.717, 1.165) is 12.5 Å². The van der Waals surface area contributed by atoms with Gasteiger partial charge in [-0.05, 0) is 62.4 Å². The van der Waals surface area contributed by atoms with Crippen LogP contribution >= 0.6 is 0 Å². The van der Waals surface area contributed by atoms with Crippen LogP contribution < -0.4 is 0 Å². The number of nitriles is 1. The van der Waals surface area contributed by atoms with Crippen LogP contribution in [-0.2, 0) is 9.53 Å². The average molecular weight is 411 g/mol. The molecule has 0 radical (unpaired) electrons. The number of nitrogens with zero attached hydrogens (tertiary/aromatic N) is 2. The van der Waals surface area contributed by atoms with Gasteiger partial charge in [-0.15, -0.1) is 0 Å².